The molecule has 0 fully saturated rings. The number of hydrogen-bond acceptors (Lipinski definition) is 3. The first-order valence-electron chi connectivity index (χ1n) is 4.86. The van der Waals surface area contributed by atoms with Gasteiger partial charge in [0.15, 0.2) is 0 Å². The van der Waals surface area contributed by atoms with E-state index in [0.29, 0.717) is 6.42 Å². The fourth-order valence-corrected chi connectivity index (χ4v) is 1.13. The Labute approximate surface area is 95.8 Å². The zero-order chi connectivity index (χ0) is 12.9. The Morgan fingerprint density at radius 2 is 1.88 bits per heavy atom. The van der Waals surface area contributed by atoms with Crippen molar-refractivity contribution in [2.24, 2.45) is 0 Å². The minimum Gasteiger partial charge on any atom is -0.463 e. The highest BCUT2D eigenvalue weighted by Crippen LogP contribution is 2.20. The summed E-state index contributed by atoms with van der Waals surface area (Å²) in [4.78, 5) is 10.8. The van der Waals surface area contributed by atoms with E-state index in [4.69, 9.17) is 5.11 Å². The maximum absolute atomic E-state index is 11.9. The zero-order valence-corrected chi connectivity index (χ0v) is 8.78. The van der Waals surface area contributed by atoms with Crippen LogP contribution in [0.3, 0.4) is 0 Å². The lowest BCUT2D eigenvalue weighted by molar-refractivity contribution is -0.217. The minimum absolute atomic E-state index is 0.198. The Balaban J connectivity index is 2.35. The van der Waals surface area contributed by atoms with Crippen LogP contribution in [0.1, 0.15) is 5.56 Å². The monoisotopic (exact) mass is 248 g/mol. The van der Waals surface area contributed by atoms with E-state index in [1.54, 1.807) is 30.3 Å². The van der Waals surface area contributed by atoms with Crippen molar-refractivity contribution in [1.29, 1.82) is 0 Å². The predicted octanol–water partition coefficient (Wildman–Crippen LogP) is 1.70. The molecule has 0 heterocycles. The number of halogens is 3. The van der Waals surface area contributed by atoms with Crippen LogP contribution in [0, 0.1) is 0 Å². The fourth-order valence-electron chi connectivity index (χ4n) is 1.13. The second-order valence-corrected chi connectivity index (χ2v) is 3.35. The Morgan fingerprint density at radius 3 is 2.41 bits per heavy atom. The van der Waals surface area contributed by atoms with Gasteiger partial charge in [0.1, 0.15) is 0 Å². The van der Waals surface area contributed by atoms with Gasteiger partial charge in [-0.1, -0.05) is 30.3 Å². The second-order valence-electron chi connectivity index (χ2n) is 3.35. The molecule has 1 unspecified atom stereocenters. The van der Waals surface area contributed by atoms with Crippen LogP contribution < -0.4 is 0 Å². The van der Waals surface area contributed by atoms with Crippen molar-refractivity contribution < 1.29 is 27.8 Å². The molecule has 0 aliphatic heterocycles. The predicted molar refractivity (Wildman–Crippen MR) is 53.2 cm³/mol. The standard InChI is InChI=1S/C11H11F3O3/c12-11(13,14)9(15)10(16)17-7-6-8-4-2-1-3-5-8/h1-5,9,15H,6-7H2. The summed E-state index contributed by atoms with van der Waals surface area (Å²) in [5.41, 5.74) is 0.835. The summed E-state index contributed by atoms with van der Waals surface area (Å²) in [5.74, 6) is -1.67. The van der Waals surface area contributed by atoms with Gasteiger partial charge in [-0.05, 0) is 5.56 Å². The number of rotatable bonds is 4. The molecule has 1 rings (SSSR count). The van der Waals surface area contributed by atoms with Crippen molar-refractivity contribution in [2.45, 2.75) is 18.7 Å². The number of carbonyl (C=O) groups excluding carboxylic acids is 1. The Morgan fingerprint density at radius 1 is 1.29 bits per heavy atom. The summed E-state index contributed by atoms with van der Waals surface area (Å²) in [5, 5.41) is 8.55. The van der Waals surface area contributed by atoms with Crippen molar-refractivity contribution >= 4 is 5.97 Å². The summed E-state index contributed by atoms with van der Waals surface area (Å²) in [6.07, 6.45) is -7.75. The normalized spacial score (nSPS) is 13.2. The van der Waals surface area contributed by atoms with E-state index in [1.165, 1.54) is 0 Å². The molecular formula is C11H11F3O3. The quantitative estimate of drug-likeness (QED) is 0.825. The van der Waals surface area contributed by atoms with Crippen LogP contribution in [-0.2, 0) is 16.0 Å². The third-order valence-electron chi connectivity index (χ3n) is 2.01. The van der Waals surface area contributed by atoms with Gasteiger partial charge in [0.05, 0.1) is 6.61 Å². The van der Waals surface area contributed by atoms with Crippen LogP contribution in [0.25, 0.3) is 0 Å². The molecule has 6 heteroatoms. The highest BCUT2D eigenvalue weighted by Gasteiger charge is 2.44. The lowest BCUT2D eigenvalue weighted by atomic mass is 10.2. The minimum atomic E-state index is -4.98. The number of esters is 1. The van der Waals surface area contributed by atoms with Gasteiger partial charge in [-0.15, -0.1) is 0 Å². The molecule has 1 N–H and O–H groups in total. The van der Waals surface area contributed by atoms with E-state index < -0.39 is 18.2 Å². The Kier molecular flexibility index (Phi) is 4.51. The summed E-state index contributed by atoms with van der Waals surface area (Å²) < 4.78 is 40.0. The van der Waals surface area contributed by atoms with E-state index in [-0.39, 0.29) is 6.61 Å². The van der Waals surface area contributed by atoms with Crippen molar-refractivity contribution in [3.8, 4) is 0 Å². The summed E-state index contributed by atoms with van der Waals surface area (Å²) >= 11 is 0. The van der Waals surface area contributed by atoms with E-state index in [9.17, 15) is 18.0 Å². The van der Waals surface area contributed by atoms with Gasteiger partial charge in [0.2, 0.25) is 6.10 Å². The molecule has 3 nitrogen and oxygen atoms in total. The van der Waals surface area contributed by atoms with Crippen LogP contribution in [0.15, 0.2) is 30.3 Å². The molecule has 0 spiro atoms. The SMILES string of the molecule is O=C(OCCc1ccccc1)C(O)C(F)(F)F. The Hall–Kier alpha value is -1.56. The van der Waals surface area contributed by atoms with Gasteiger partial charge >= 0.3 is 12.1 Å². The van der Waals surface area contributed by atoms with E-state index in [0.717, 1.165) is 5.56 Å². The maximum atomic E-state index is 11.9. The van der Waals surface area contributed by atoms with Crippen molar-refractivity contribution in [3.63, 3.8) is 0 Å². The third kappa shape index (κ3) is 4.44. The first-order valence-corrected chi connectivity index (χ1v) is 4.86. The molecule has 0 bridgehead atoms. The first kappa shape index (κ1) is 13.5. The Bertz CT molecular complexity index is 362. The molecule has 1 aromatic rings. The molecule has 0 aliphatic rings. The van der Waals surface area contributed by atoms with Gasteiger partial charge < -0.3 is 9.84 Å². The van der Waals surface area contributed by atoms with E-state index in [1.807, 2.05) is 0 Å². The number of hydrogen-bond donors (Lipinski definition) is 1. The highest BCUT2D eigenvalue weighted by molar-refractivity contribution is 5.75. The third-order valence-corrected chi connectivity index (χ3v) is 2.01. The van der Waals surface area contributed by atoms with Gasteiger partial charge in [-0.3, -0.25) is 0 Å². The molecule has 0 saturated heterocycles. The molecule has 0 radical (unpaired) electrons. The summed E-state index contributed by atoms with van der Waals surface area (Å²) in [7, 11) is 0. The fraction of sp³-hybridized carbons (Fsp3) is 0.364. The first-order chi connectivity index (χ1) is 7.91. The molecule has 0 aromatic heterocycles. The van der Waals surface area contributed by atoms with Gasteiger partial charge in [-0.2, -0.15) is 13.2 Å². The number of aliphatic hydroxyl groups excluding tert-OH is 1. The number of ether oxygens (including phenoxy) is 1. The van der Waals surface area contributed by atoms with Crippen LogP contribution in [-0.4, -0.2) is 30.0 Å². The zero-order valence-electron chi connectivity index (χ0n) is 8.78. The van der Waals surface area contributed by atoms with Crippen LogP contribution in [0.5, 0.6) is 0 Å². The summed E-state index contributed by atoms with van der Waals surface area (Å²) in [6, 6.07) is 8.84. The van der Waals surface area contributed by atoms with Gasteiger partial charge in [0.25, 0.3) is 0 Å². The number of alkyl halides is 3. The lowest BCUT2D eigenvalue weighted by Gasteiger charge is -2.13. The average molecular weight is 248 g/mol. The number of benzene rings is 1. The van der Waals surface area contributed by atoms with E-state index >= 15 is 0 Å². The molecule has 1 aromatic carbocycles. The van der Waals surface area contributed by atoms with Crippen molar-refractivity contribution in [3.05, 3.63) is 35.9 Å². The lowest BCUT2D eigenvalue weighted by Crippen LogP contribution is -2.37. The highest BCUT2D eigenvalue weighted by atomic mass is 19.4. The van der Waals surface area contributed by atoms with Crippen molar-refractivity contribution in [1.82, 2.24) is 0 Å². The van der Waals surface area contributed by atoms with Crippen LogP contribution >= 0.6 is 0 Å². The smallest absolute Gasteiger partial charge is 0.425 e. The topological polar surface area (TPSA) is 46.5 Å². The molecule has 94 valence electrons. The molecular weight excluding hydrogens is 237 g/mol. The van der Waals surface area contributed by atoms with Gasteiger partial charge in [0, 0.05) is 6.42 Å². The molecule has 17 heavy (non-hydrogen) atoms. The van der Waals surface area contributed by atoms with Crippen LogP contribution in [0.2, 0.25) is 0 Å². The molecule has 0 aliphatic carbocycles. The number of aliphatic hydroxyl groups is 1. The molecule has 0 saturated carbocycles. The average Bonchev–Trinajstić information content (AvgIpc) is 2.28. The van der Waals surface area contributed by atoms with Crippen molar-refractivity contribution in [2.75, 3.05) is 6.61 Å². The van der Waals surface area contributed by atoms with Gasteiger partial charge in [-0.25, -0.2) is 4.79 Å². The number of carbonyl (C=O) groups is 1. The largest absolute Gasteiger partial charge is 0.463 e. The van der Waals surface area contributed by atoms with E-state index in [2.05, 4.69) is 4.74 Å². The maximum Gasteiger partial charge on any atom is 0.425 e. The molecule has 1 atom stereocenters. The summed E-state index contributed by atoms with van der Waals surface area (Å²) in [6.45, 7) is -0.198. The van der Waals surface area contributed by atoms with Crippen LogP contribution in [0.4, 0.5) is 13.2 Å². The second kappa shape index (κ2) is 5.67. The molecule has 0 amide bonds.